The lowest BCUT2D eigenvalue weighted by molar-refractivity contribution is -0.130. The van der Waals surface area contributed by atoms with Gasteiger partial charge in [0.25, 0.3) is 5.91 Å². The summed E-state index contributed by atoms with van der Waals surface area (Å²) in [5, 5.41) is 11.2. The van der Waals surface area contributed by atoms with Gasteiger partial charge in [-0.15, -0.1) is 0 Å². The van der Waals surface area contributed by atoms with Gasteiger partial charge in [-0.25, -0.2) is 8.42 Å². The Morgan fingerprint density at radius 1 is 0.935 bits per heavy atom. The van der Waals surface area contributed by atoms with Crippen molar-refractivity contribution in [2.75, 3.05) is 0 Å². The van der Waals surface area contributed by atoms with Crippen molar-refractivity contribution in [3.8, 4) is 0 Å². The highest BCUT2D eigenvalue weighted by Crippen LogP contribution is 2.43. The minimum Gasteiger partial charge on any atom is -0.502 e. The molecule has 1 N–H and O–H groups in total. The van der Waals surface area contributed by atoms with Crippen molar-refractivity contribution in [3.63, 3.8) is 0 Å². The molecule has 1 aliphatic heterocycles. The molecule has 0 spiro atoms. The highest BCUT2D eigenvalue weighted by Gasteiger charge is 2.46. The van der Waals surface area contributed by atoms with E-state index < -0.39 is 27.5 Å². The van der Waals surface area contributed by atoms with Crippen molar-refractivity contribution in [1.29, 1.82) is 0 Å². The van der Waals surface area contributed by atoms with Crippen LogP contribution in [0.25, 0.3) is 0 Å². The molecule has 0 saturated carbocycles. The number of amides is 1. The van der Waals surface area contributed by atoms with Crippen LogP contribution in [0.2, 0.25) is 5.02 Å². The van der Waals surface area contributed by atoms with Crippen LogP contribution in [0, 0.1) is 6.92 Å². The zero-order chi connectivity index (χ0) is 22.2. The summed E-state index contributed by atoms with van der Waals surface area (Å²) in [6, 6.07) is 21.0. The largest absolute Gasteiger partial charge is 0.502 e. The number of benzene rings is 3. The van der Waals surface area contributed by atoms with E-state index in [0.29, 0.717) is 10.6 Å². The Morgan fingerprint density at radius 2 is 1.55 bits per heavy atom. The molecule has 5 nitrogen and oxygen atoms in total. The number of hydrogen-bond donors (Lipinski definition) is 1. The predicted molar refractivity (Wildman–Crippen MR) is 119 cm³/mol. The van der Waals surface area contributed by atoms with Crippen LogP contribution < -0.4 is 0 Å². The van der Waals surface area contributed by atoms with Crippen LogP contribution in [0.15, 0.2) is 94.4 Å². The number of halogens is 1. The minimum absolute atomic E-state index is 0.0144. The summed E-state index contributed by atoms with van der Waals surface area (Å²) in [5.74, 6) is -1.48. The number of carbonyl (C=O) groups is 1. The zero-order valence-corrected chi connectivity index (χ0v) is 18.3. The van der Waals surface area contributed by atoms with Crippen molar-refractivity contribution < 1.29 is 18.3 Å². The number of hydrogen-bond acceptors (Lipinski definition) is 4. The maximum absolute atomic E-state index is 13.5. The SMILES string of the molecule is Cc1ccc(CN2C(=O)C(O)=C(S(=O)(=O)c3ccccc3)[C@@H]2c2ccc(Cl)cc2)cc1. The van der Waals surface area contributed by atoms with Crippen molar-refractivity contribution in [2.24, 2.45) is 0 Å². The van der Waals surface area contributed by atoms with Crippen LogP contribution in [0.4, 0.5) is 0 Å². The topological polar surface area (TPSA) is 74.7 Å². The molecule has 1 amide bonds. The van der Waals surface area contributed by atoms with Gasteiger partial charge in [0, 0.05) is 11.6 Å². The summed E-state index contributed by atoms with van der Waals surface area (Å²) < 4.78 is 26.9. The molecule has 4 rings (SSSR count). The predicted octanol–water partition coefficient (Wildman–Crippen LogP) is 4.98. The Hall–Kier alpha value is -3.09. The molecule has 31 heavy (non-hydrogen) atoms. The lowest BCUT2D eigenvalue weighted by Gasteiger charge is -2.27. The number of carbonyl (C=O) groups excluding carboxylic acids is 1. The van der Waals surface area contributed by atoms with Gasteiger partial charge < -0.3 is 10.0 Å². The van der Waals surface area contributed by atoms with Crippen LogP contribution in [0.3, 0.4) is 0 Å². The van der Waals surface area contributed by atoms with E-state index in [1.165, 1.54) is 17.0 Å². The lowest BCUT2D eigenvalue weighted by atomic mass is 10.1. The highest BCUT2D eigenvalue weighted by atomic mass is 35.5. The zero-order valence-electron chi connectivity index (χ0n) is 16.7. The summed E-state index contributed by atoms with van der Waals surface area (Å²) in [6.45, 7) is 2.10. The van der Waals surface area contributed by atoms with Crippen molar-refractivity contribution in [2.45, 2.75) is 24.4 Å². The molecule has 0 aromatic heterocycles. The Balaban J connectivity index is 1.85. The summed E-state index contributed by atoms with van der Waals surface area (Å²) in [7, 11) is -4.13. The first kappa shape index (κ1) is 21.2. The Morgan fingerprint density at radius 3 is 2.16 bits per heavy atom. The van der Waals surface area contributed by atoms with Gasteiger partial charge in [-0.2, -0.15) is 0 Å². The standard InChI is InChI=1S/C24H20ClNO4S/c1-16-7-9-17(10-8-16)15-26-21(18-11-13-19(25)14-12-18)23(22(27)24(26)28)31(29,30)20-5-3-2-4-6-20/h2-14,21,27H,15H2,1H3/t21-/m0/s1. The van der Waals surface area contributed by atoms with Gasteiger partial charge >= 0.3 is 0 Å². The number of sulfone groups is 1. The second kappa shape index (κ2) is 8.21. The first-order chi connectivity index (χ1) is 14.8. The molecule has 0 radical (unpaired) electrons. The number of nitrogens with zero attached hydrogens (tertiary/aromatic N) is 1. The first-order valence-electron chi connectivity index (χ1n) is 9.64. The molecule has 158 valence electrons. The molecular formula is C24H20ClNO4S. The molecule has 3 aromatic rings. The summed E-state index contributed by atoms with van der Waals surface area (Å²) >= 11 is 6.02. The maximum Gasteiger partial charge on any atom is 0.290 e. The van der Waals surface area contributed by atoms with Crippen molar-refractivity contribution in [3.05, 3.63) is 111 Å². The first-order valence-corrected chi connectivity index (χ1v) is 11.5. The number of aliphatic hydroxyl groups excluding tert-OH is 1. The summed E-state index contributed by atoms with van der Waals surface area (Å²) in [5.41, 5.74) is 2.44. The number of aliphatic hydroxyl groups is 1. The van der Waals surface area contributed by atoms with E-state index in [2.05, 4.69) is 0 Å². The van der Waals surface area contributed by atoms with Gasteiger partial charge in [-0.3, -0.25) is 4.79 Å². The average molecular weight is 454 g/mol. The number of aryl methyl sites for hydroxylation is 1. The molecule has 7 heteroatoms. The van der Waals surface area contributed by atoms with E-state index in [1.54, 1.807) is 42.5 Å². The average Bonchev–Trinajstić information content (AvgIpc) is 3.02. The van der Waals surface area contributed by atoms with Gasteiger partial charge in [-0.05, 0) is 42.3 Å². The molecule has 0 fully saturated rings. The molecule has 0 bridgehead atoms. The monoisotopic (exact) mass is 453 g/mol. The van der Waals surface area contributed by atoms with Crippen LogP contribution in [0.5, 0.6) is 0 Å². The maximum atomic E-state index is 13.5. The normalized spacial score (nSPS) is 16.8. The molecule has 1 heterocycles. The van der Waals surface area contributed by atoms with E-state index in [1.807, 2.05) is 31.2 Å². The van der Waals surface area contributed by atoms with E-state index in [-0.39, 0.29) is 16.3 Å². The highest BCUT2D eigenvalue weighted by molar-refractivity contribution is 7.95. The van der Waals surface area contributed by atoms with Crippen LogP contribution in [-0.4, -0.2) is 24.3 Å². The second-order valence-corrected chi connectivity index (χ2v) is 9.76. The third-order valence-electron chi connectivity index (χ3n) is 5.26. The van der Waals surface area contributed by atoms with Gasteiger partial charge in [0.05, 0.1) is 10.9 Å². The van der Waals surface area contributed by atoms with Gasteiger partial charge in [0.1, 0.15) is 4.91 Å². The molecular weight excluding hydrogens is 434 g/mol. The van der Waals surface area contributed by atoms with Gasteiger partial charge in [0.15, 0.2) is 5.76 Å². The van der Waals surface area contributed by atoms with E-state index >= 15 is 0 Å². The molecule has 3 aromatic carbocycles. The molecule has 1 atom stereocenters. The quantitative estimate of drug-likeness (QED) is 0.591. The fourth-order valence-corrected chi connectivity index (χ4v) is 5.45. The smallest absolute Gasteiger partial charge is 0.290 e. The van der Waals surface area contributed by atoms with Gasteiger partial charge in [0.2, 0.25) is 9.84 Å². The fraction of sp³-hybridized carbons (Fsp3) is 0.125. The van der Waals surface area contributed by atoms with Crippen molar-refractivity contribution >= 4 is 27.3 Å². The summed E-state index contributed by atoms with van der Waals surface area (Å²) in [6.07, 6.45) is 0. The molecule has 1 aliphatic rings. The fourth-order valence-electron chi connectivity index (χ4n) is 3.66. The lowest BCUT2D eigenvalue weighted by Crippen LogP contribution is -2.30. The molecule has 0 saturated heterocycles. The van der Waals surface area contributed by atoms with E-state index in [9.17, 15) is 18.3 Å². The Labute approximate surface area is 186 Å². The van der Waals surface area contributed by atoms with Crippen molar-refractivity contribution in [1.82, 2.24) is 4.90 Å². The minimum atomic E-state index is -4.13. The molecule has 0 unspecified atom stereocenters. The summed E-state index contributed by atoms with van der Waals surface area (Å²) in [4.78, 5) is 14.1. The van der Waals surface area contributed by atoms with Crippen LogP contribution in [0.1, 0.15) is 22.7 Å². The van der Waals surface area contributed by atoms with E-state index in [4.69, 9.17) is 11.6 Å². The Kier molecular flexibility index (Phi) is 5.60. The van der Waals surface area contributed by atoms with Crippen LogP contribution >= 0.6 is 11.6 Å². The van der Waals surface area contributed by atoms with Crippen LogP contribution in [-0.2, 0) is 21.2 Å². The second-order valence-electron chi connectivity index (χ2n) is 7.40. The number of rotatable bonds is 5. The molecule has 0 aliphatic carbocycles. The third kappa shape index (κ3) is 3.96. The Bertz CT molecular complexity index is 1250. The van der Waals surface area contributed by atoms with E-state index in [0.717, 1.165) is 11.1 Å². The third-order valence-corrected chi connectivity index (χ3v) is 7.40. The van der Waals surface area contributed by atoms with Gasteiger partial charge in [-0.1, -0.05) is 71.8 Å².